The highest BCUT2D eigenvalue weighted by Crippen LogP contribution is 2.30. The molecule has 0 aliphatic heterocycles. The third-order valence-electron chi connectivity index (χ3n) is 2.73. The smallest absolute Gasteiger partial charge is 0.360 e. The molecule has 0 saturated carbocycles. The molecule has 0 fully saturated rings. The summed E-state index contributed by atoms with van der Waals surface area (Å²) in [5.74, 6) is 0.0891. The number of aromatic nitrogens is 2. The summed E-state index contributed by atoms with van der Waals surface area (Å²) in [6.07, 6.45) is -2.83. The van der Waals surface area contributed by atoms with Crippen molar-refractivity contribution in [2.24, 2.45) is 0 Å². The van der Waals surface area contributed by atoms with Crippen LogP contribution >= 0.6 is 11.5 Å². The van der Waals surface area contributed by atoms with E-state index in [0.717, 1.165) is 17.7 Å². The minimum absolute atomic E-state index is 0.0891. The summed E-state index contributed by atoms with van der Waals surface area (Å²) < 4.78 is 41.1. The highest BCUT2D eigenvalue weighted by Gasteiger charge is 2.30. The quantitative estimate of drug-likeness (QED) is 0.930. The maximum absolute atomic E-state index is 12.4. The summed E-state index contributed by atoms with van der Waals surface area (Å²) in [6.45, 7) is 2.54. The van der Waals surface area contributed by atoms with Crippen LogP contribution in [-0.2, 0) is 6.18 Å². The van der Waals surface area contributed by atoms with E-state index in [1.165, 1.54) is 30.0 Å². The largest absolute Gasteiger partial charge is 0.416 e. The number of anilines is 1. The van der Waals surface area contributed by atoms with Gasteiger partial charge in [-0.2, -0.15) is 17.5 Å². The molecule has 2 aromatic rings. The molecule has 19 heavy (non-hydrogen) atoms. The Morgan fingerprint density at radius 1 is 1.26 bits per heavy atom. The predicted octanol–water partition coefficient (Wildman–Crippen LogP) is 3.77. The molecule has 0 spiro atoms. The van der Waals surface area contributed by atoms with E-state index in [-0.39, 0.29) is 5.92 Å². The Morgan fingerprint density at radius 2 is 1.95 bits per heavy atom. The zero-order valence-electron chi connectivity index (χ0n) is 10.1. The number of benzene rings is 1. The zero-order chi connectivity index (χ0) is 13.9. The van der Waals surface area contributed by atoms with Gasteiger partial charge in [0.05, 0.1) is 5.56 Å². The van der Waals surface area contributed by atoms with Gasteiger partial charge in [-0.05, 0) is 23.6 Å². The zero-order valence-corrected chi connectivity index (χ0v) is 10.9. The fraction of sp³-hybridized carbons (Fsp3) is 0.333. The molecule has 1 unspecified atom stereocenters. The van der Waals surface area contributed by atoms with Gasteiger partial charge in [0.15, 0.2) is 0 Å². The van der Waals surface area contributed by atoms with E-state index in [9.17, 15) is 13.2 Å². The van der Waals surface area contributed by atoms with Crippen LogP contribution in [0.1, 0.15) is 24.0 Å². The number of hydrogen-bond donors (Lipinski definition) is 1. The Kier molecular flexibility index (Phi) is 4.04. The van der Waals surface area contributed by atoms with Gasteiger partial charge in [0, 0.05) is 18.1 Å². The van der Waals surface area contributed by atoms with Crippen LogP contribution in [0.15, 0.2) is 30.6 Å². The molecule has 1 atom stereocenters. The van der Waals surface area contributed by atoms with Crippen molar-refractivity contribution >= 4 is 16.7 Å². The Hall–Kier alpha value is -1.63. The van der Waals surface area contributed by atoms with E-state index in [2.05, 4.69) is 14.7 Å². The summed E-state index contributed by atoms with van der Waals surface area (Å²) in [4.78, 5) is 3.98. The summed E-state index contributed by atoms with van der Waals surface area (Å²) in [6, 6.07) is 5.23. The number of nitrogens with zero attached hydrogens (tertiary/aromatic N) is 2. The van der Waals surface area contributed by atoms with Crippen LogP contribution in [-0.4, -0.2) is 15.9 Å². The summed E-state index contributed by atoms with van der Waals surface area (Å²) >= 11 is 1.24. The lowest BCUT2D eigenvalue weighted by molar-refractivity contribution is -0.137. The second-order valence-corrected chi connectivity index (χ2v) is 4.93. The predicted molar refractivity (Wildman–Crippen MR) is 68.3 cm³/mol. The summed E-state index contributed by atoms with van der Waals surface area (Å²) in [7, 11) is 0. The SMILES string of the molecule is CC(CNc1ncns1)c1ccc(C(F)(F)F)cc1. The van der Waals surface area contributed by atoms with Crippen molar-refractivity contribution in [1.82, 2.24) is 9.36 Å². The Balaban J connectivity index is 1.97. The lowest BCUT2D eigenvalue weighted by atomic mass is 10.00. The van der Waals surface area contributed by atoms with Crippen LogP contribution in [0.5, 0.6) is 0 Å². The molecule has 2 rings (SSSR count). The van der Waals surface area contributed by atoms with Gasteiger partial charge in [-0.25, -0.2) is 4.98 Å². The van der Waals surface area contributed by atoms with Crippen molar-refractivity contribution in [3.8, 4) is 0 Å². The van der Waals surface area contributed by atoms with E-state index >= 15 is 0 Å². The van der Waals surface area contributed by atoms with Gasteiger partial charge in [-0.15, -0.1) is 0 Å². The molecule has 0 bridgehead atoms. The first-order chi connectivity index (χ1) is 8.97. The van der Waals surface area contributed by atoms with Crippen LogP contribution in [0.2, 0.25) is 0 Å². The van der Waals surface area contributed by atoms with Crippen molar-refractivity contribution in [3.05, 3.63) is 41.7 Å². The van der Waals surface area contributed by atoms with Crippen LogP contribution in [0, 0.1) is 0 Å². The lowest BCUT2D eigenvalue weighted by Crippen LogP contribution is -2.10. The van der Waals surface area contributed by atoms with E-state index in [1.54, 1.807) is 0 Å². The molecule has 0 aliphatic carbocycles. The molecule has 0 saturated heterocycles. The van der Waals surface area contributed by atoms with Crippen molar-refractivity contribution in [3.63, 3.8) is 0 Å². The third kappa shape index (κ3) is 3.66. The minimum atomic E-state index is -4.29. The number of nitrogens with one attached hydrogen (secondary N) is 1. The molecular weight excluding hydrogens is 275 g/mol. The molecule has 0 aliphatic rings. The highest BCUT2D eigenvalue weighted by molar-refractivity contribution is 7.09. The van der Waals surface area contributed by atoms with Gasteiger partial charge >= 0.3 is 6.18 Å². The number of rotatable bonds is 4. The van der Waals surface area contributed by atoms with Crippen LogP contribution in [0.3, 0.4) is 0 Å². The van der Waals surface area contributed by atoms with Crippen molar-refractivity contribution < 1.29 is 13.2 Å². The van der Waals surface area contributed by atoms with E-state index in [1.807, 2.05) is 6.92 Å². The first-order valence-electron chi connectivity index (χ1n) is 5.64. The molecule has 7 heteroatoms. The van der Waals surface area contributed by atoms with Gasteiger partial charge in [-0.1, -0.05) is 19.1 Å². The number of alkyl halides is 3. The van der Waals surface area contributed by atoms with Crippen LogP contribution in [0.4, 0.5) is 18.3 Å². The summed E-state index contributed by atoms with van der Waals surface area (Å²) in [5, 5.41) is 3.80. The van der Waals surface area contributed by atoms with Crippen molar-refractivity contribution in [2.45, 2.75) is 19.0 Å². The monoisotopic (exact) mass is 287 g/mol. The van der Waals surface area contributed by atoms with Crippen molar-refractivity contribution in [2.75, 3.05) is 11.9 Å². The number of halogens is 3. The highest BCUT2D eigenvalue weighted by atomic mass is 32.1. The molecule has 1 aromatic carbocycles. The van der Waals surface area contributed by atoms with E-state index in [4.69, 9.17) is 0 Å². The van der Waals surface area contributed by atoms with Gasteiger partial charge < -0.3 is 5.32 Å². The maximum atomic E-state index is 12.4. The van der Waals surface area contributed by atoms with Gasteiger partial charge in [0.2, 0.25) is 5.13 Å². The molecule has 102 valence electrons. The first-order valence-corrected chi connectivity index (χ1v) is 6.42. The fourth-order valence-corrected chi connectivity index (χ4v) is 2.05. The van der Waals surface area contributed by atoms with E-state index in [0.29, 0.717) is 11.7 Å². The second kappa shape index (κ2) is 5.56. The van der Waals surface area contributed by atoms with Crippen LogP contribution < -0.4 is 5.32 Å². The maximum Gasteiger partial charge on any atom is 0.416 e. The molecule has 0 amide bonds. The minimum Gasteiger partial charge on any atom is -0.360 e. The normalized spacial score (nSPS) is 13.3. The van der Waals surface area contributed by atoms with Gasteiger partial charge in [-0.3, -0.25) is 0 Å². The standard InChI is InChI=1S/C12H12F3N3S/c1-8(6-16-11-17-7-18-19-11)9-2-4-10(5-3-9)12(13,14)15/h2-5,7-8H,6H2,1H3,(H,16,17,18). The molecule has 0 radical (unpaired) electrons. The summed E-state index contributed by atoms with van der Waals surface area (Å²) in [5.41, 5.74) is 0.227. The average molecular weight is 287 g/mol. The number of hydrogen-bond acceptors (Lipinski definition) is 4. The van der Waals surface area contributed by atoms with Crippen LogP contribution in [0.25, 0.3) is 0 Å². The topological polar surface area (TPSA) is 37.8 Å². The van der Waals surface area contributed by atoms with Gasteiger partial charge in [0.1, 0.15) is 6.33 Å². The molecule has 3 nitrogen and oxygen atoms in total. The Labute approximate surface area is 112 Å². The fourth-order valence-electron chi connectivity index (χ4n) is 1.61. The molecule has 1 N–H and O–H groups in total. The second-order valence-electron chi connectivity index (χ2n) is 4.15. The Bertz CT molecular complexity index is 508. The molecule has 1 aromatic heterocycles. The van der Waals surface area contributed by atoms with Crippen molar-refractivity contribution in [1.29, 1.82) is 0 Å². The lowest BCUT2D eigenvalue weighted by Gasteiger charge is -2.13. The third-order valence-corrected chi connectivity index (χ3v) is 3.35. The average Bonchev–Trinajstić information content (AvgIpc) is 2.88. The Morgan fingerprint density at radius 3 is 2.47 bits per heavy atom. The first kappa shape index (κ1) is 13.8. The molecule has 1 heterocycles. The molecular formula is C12H12F3N3S. The van der Waals surface area contributed by atoms with Gasteiger partial charge in [0.25, 0.3) is 0 Å². The van der Waals surface area contributed by atoms with E-state index < -0.39 is 11.7 Å².